The molecule has 1 N–H and O–H groups in total. The fourth-order valence-corrected chi connectivity index (χ4v) is 4.76. The van der Waals surface area contributed by atoms with E-state index < -0.39 is 5.97 Å². The van der Waals surface area contributed by atoms with Crippen molar-refractivity contribution in [1.82, 2.24) is 24.4 Å². The minimum atomic E-state index is -1.24. The van der Waals surface area contributed by atoms with Crippen LogP contribution in [0.1, 0.15) is 32.9 Å². The number of aromatic carboxylic acids is 1. The number of rotatable bonds is 8. The van der Waals surface area contributed by atoms with Gasteiger partial charge in [0.1, 0.15) is 29.2 Å². The average molecular weight is 560 g/mol. The molecule has 0 unspecified atom stereocenters. The van der Waals surface area contributed by atoms with Gasteiger partial charge >= 0.3 is 12.0 Å². The van der Waals surface area contributed by atoms with E-state index in [1.54, 1.807) is 6.07 Å². The fourth-order valence-electron chi connectivity index (χ4n) is 4.76. The summed E-state index contributed by atoms with van der Waals surface area (Å²) in [5.74, 6) is 1.10. The molecule has 0 atom stereocenters. The number of carbonyl (C=O) groups is 1. The van der Waals surface area contributed by atoms with E-state index in [9.17, 15) is 15.2 Å². The van der Waals surface area contributed by atoms with E-state index in [0.29, 0.717) is 29.3 Å². The molecule has 5 aromatic rings. The lowest BCUT2D eigenvalue weighted by Gasteiger charge is -2.14. The lowest BCUT2D eigenvalue weighted by atomic mass is 10.1. The van der Waals surface area contributed by atoms with Gasteiger partial charge in [0.25, 0.3) is 5.88 Å². The number of benzene rings is 3. The second-order valence-corrected chi connectivity index (χ2v) is 9.70. The van der Waals surface area contributed by atoms with Crippen LogP contribution in [0.2, 0.25) is 0 Å². The van der Waals surface area contributed by atoms with E-state index in [1.807, 2.05) is 73.1 Å². The highest BCUT2D eigenvalue weighted by Crippen LogP contribution is 2.32. The first kappa shape index (κ1) is 26.5. The summed E-state index contributed by atoms with van der Waals surface area (Å²) < 4.78 is 14.2. The van der Waals surface area contributed by atoms with Gasteiger partial charge in [0, 0.05) is 19.2 Å². The maximum Gasteiger partial charge on any atom is 0.337 e. The number of ether oxygens (including phenoxy) is 2. The van der Waals surface area contributed by atoms with Crippen molar-refractivity contribution >= 4 is 23.0 Å². The average Bonchev–Trinajstić information content (AvgIpc) is 3.56. The Morgan fingerprint density at radius 1 is 1.00 bits per heavy atom. The number of nitrogens with zero attached hydrogens (tertiary/aromatic N) is 7. The third kappa shape index (κ3) is 5.21. The highest BCUT2D eigenvalue weighted by molar-refractivity contribution is 6.00. The van der Waals surface area contributed by atoms with Crippen molar-refractivity contribution in [1.29, 1.82) is 5.26 Å². The van der Waals surface area contributed by atoms with Gasteiger partial charge in [-0.3, -0.25) is 4.99 Å². The van der Waals surface area contributed by atoms with Crippen LogP contribution in [-0.4, -0.2) is 61.5 Å². The summed E-state index contributed by atoms with van der Waals surface area (Å²) in [6.45, 7) is 3.95. The van der Waals surface area contributed by atoms with E-state index in [-0.39, 0.29) is 28.8 Å². The number of aliphatic imine (C=N–C) groups is 1. The third-order valence-corrected chi connectivity index (χ3v) is 6.83. The van der Waals surface area contributed by atoms with E-state index in [0.717, 1.165) is 30.1 Å². The molecule has 2 aromatic heterocycles. The van der Waals surface area contributed by atoms with Gasteiger partial charge in [-0.15, -0.1) is 0 Å². The molecule has 1 aliphatic rings. The molecule has 0 bridgehead atoms. The van der Waals surface area contributed by atoms with Crippen molar-refractivity contribution in [3.63, 3.8) is 0 Å². The van der Waals surface area contributed by atoms with Gasteiger partial charge < -0.3 is 24.0 Å². The van der Waals surface area contributed by atoms with E-state index in [2.05, 4.69) is 19.9 Å². The Kier molecular flexibility index (Phi) is 6.94. The Hall–Kier alpha value is -5.76. The molecule has 0 saturated heterocycles. The summed E-state index contributed by atoms with van der Waals surface area (Å²) >= 11 is 0. The first-order valence-electron chi connectivity index (χ1n) is 13.2. The monoisotopic (exact) mass is 559 g/mol. The first-order valence-corrected chi connectivity index (χ1v) is 13.2. The van der Waals surface area contributed by atoms with Gasteiger partial charge in [-0.05, 0) is 42.8 Å². The van der Waals surface area contributed by atoms with Crippen molar-refractivity contribution in [3.05, 3.63) is 101 Å². The molecule has 0 radical (unpaired) electrons. The molecule has 0 saturated carbocycles. The topological polar surface area (TPSA) is 139 Å². The molecule has 42 heavy (non-hydrogen) atoms. The van der Waals surface area contributed by atoms with Crippen LogP contribution in [0.3, 0.4) is 0 Å². The molecule has 0 spiro atoms. The number of imidazole rings is 1. The van der Waals surface area contributed by atoms with Gasteiger partial charge in [0.15, 0.2) is 11.2 Å². The van der Waals surface area contributed by atoms with Crippen molar-refractivity contribution in [3.8, 4) is 29.5 Å². The minimum Gasteiger partial charge on any atom is -0.478 e. The minimum absolute atomic E-state index is 0.0204. The Morgan fingerprint density at radius 2 is 1.81 bits per heavy atom. The molecule has 11 heteroatoms. The molecule has 0 fully saturated rings. The number of likely N-dealkylation sites (N-methyl/N-ethyl adjacent to an activating group) is 1. The maximum atomic E-state index is 11.7. The SMILES string of the molecule is Cc1nc2c(Oc3ccc(C#N)c(C(=O)O)c3)nc(Oc3cccc(C4=NCCN4C)c3)nc2n1Cc1ccccc1. The predicted molar refractivity (Wildman–Crippen MR) is 154 cm³/mol. The van der Waals surface area contributed by atoms with Crippen molar-refractivity contribution < 1.29 is 19.4 Å². The largest absolute Gasteiger partial charge is 0.478 e. The zero-order chi connectivity index (χ0) is 29.2. The highest BCUT2D eigenvalue weighted by Gasteiger charge is 2.21. The van der Waals surface area contributed by atoms with Crippen LogP contribution in [-0.2, 0) is 6.54 Å². The normalized spacial score (nSPS) is 12.7. The van der Waals surface area contributed by atoms with Crippen molar-refractivity contribution in [2.24, 2.45) is 4.99 Å². The maximum absolute atomic E-state index is 11.7. The summed E-state index contributed by atoms with van der Waals surface area (Å²) in [6.07, 6.45) is 0. The number of fused-ring (bicyclic) bond motifs is 1. The van der Waals surface area contributed by atoms with Crippen molar-refractivity contribution in [2.75, 3.05) is 20.1 Å². The van der Waals surface area contributed by atoms with E-state index in [4.69, 9.17) is 14.5 Å². The zero-order valence-electron chi connectivity index (χ0n) is 22.9. The van der Waals surface area contributed by atoms with Gasteiger partial charge in [0.2, 0.25) is 0 Å². The quantitative estimate of drug-likeness (QED) is 0.277. The second kappa shape index (κ2) is 11.0. The lowest BCUT2D eigenvalue weighted by Crippen LogP contribution is -2.23. The Labute approximate surface area is 241 Å². The third-order valence-electron chi connectivity index (χ3n) is 6.83. The molecule has 0 aliphatic carbocycles. The summed E-state index contributed by atoms with van der Waals surface area (Å²) in [4.78, 5) is 32.3. The molecule has 1 aliphatic heterocycles. The molecule has 208 valence electrons. The van der Waals surface area contributed by atoms with Crippen LogP contribution < -0.4 is 9.47 Å². The highest BCUT2D eigenvalue weighted by atomic mass is 16.5. The van der Waals surface area contributed by atoms with Crippen LogP contribution in [0.4, 0.5) is 0 Å². The summed E-state index contributed by atoms with van der Waals surface area (Å²) in [5.41, 5.74) is 2.67. The Bertz CT molecular complexity index is 1890. The molecular formula is C31H25N7O4. The van der Waals surface area contributed by atoms with Crippen LogP contribution in [0.25, 0.3) is 11.2 Å². The number of carboxylic acids is 1. The molecule has 0 amide bonds. The number of nitriles is 1. The molecule has 11 nitrogen and oxygen atoms in total. The van der Waals surface area contributed by atoms with E-state index >= 15 is 0 Å². The standard InChI is InChI=1S/C31H25N7O4/c1-19-34-26-28(38(19)18-20-7-4-3-5-8-20)35-31(42-23-10-6-9-21(15-23)27-33-13-14-37(27)2)36-29(26)41-24-12-11-22(17-32)25(16-24)30(39)40/h3-12,15-16H,13-14,18H2,1-2H3,(H,39,40). The second-order valence-electron chi connectivity index (χ2n) is 9.70. The number of carboxylic acid groups (broad SMARTS) is 1. The van der Waals surface area contributed by atoms with Crippen LogP contribution >= 0.6 is 0 Å². The summed E-state index contributed by atoms with van der Waals surface area (Å²) in [6, 6.07) is 23.5. The fraction of sp³-hybridized carbons (Fsp3) is 0.161. The number of amidine groups is 1. The molecule has 3 heterocycles. The smallest absolute Gasteiger partial charge is 0.337 e. The predicted octanol–water partition coefficient (Wildman–Crippen LogP) is 5.03. The van der Waals surface area contributed by atoms with Gasteiger partial charge in [-0.2, -0.15) is 15.2 Å². The van der Waals surface area contributed by atoms with Gasteiger partial charge in [-0.1, -0.05) is 42.5 Å². The molecule has 6 rings (SSSR count). The zero-order valence-corrected chi connectivity index (χ0v) is 22.9. The first-order chi connectivity index (χ1) is 20.4. The van der Waals surface area contributed by atoms with E-state index in [1.165, 1.54) is 18.2 Å². The molecule has 3 aromatic carbocycles. The number of hydrogen-bond donors (Lipinski definition) is 1. The summed E-state index contributed by atoms with van der Waals surface area (Å²) in [5, 5.41) is 18.9. The van der Waals surface area contributed by atoms with Gasteiger partial charge in [0.05, 0.1) is 24.2 Å². The lowest BCUT2D eigenvalue weighted by molar-refractivity contribution is 0.0696. The van der Waals surface area contributed by atoms with Crippen LogP contribution in [0.5, 0.6) is 23.4 Å². The summed E-state index contributed by atoms with van der Waals surface area (Å²) in [7, 11) is 2.00. The van der Waals surface area contributed by atoms with Crippen molar-refractivity contribution in [2.45, 2.75) is 13.5 Å². The van der Waals surface area contributed by atoms with Crippen LogP contribution in [0, 0.1) is 18.3 Å². The Balaban J connectivity index is 1.43. The van der Waals surface area contributed by atoms with Crippen LogP contribution in [0.15, 0.2) is 77.8 Å². The Morgan fingerprint density at radius 3 is 2.55 bits per heavy atom. The van der Waals surface area contributed by atoms with Gasteiger partial charge in [-0.25, -0.2) is 9.78 Å². The number of aryl methyl sites for hydroxylation is 1. The number of aromatic nitrogens is 4. The molecular weight excluding hydrogens is 534 g/mol. The number of hydrogen-bond acceptors (Lipinski definition) is 9.